The lowest BCUT2D eigenvalue weighted by Crippen LogP contribution is -2.45. The Morgan fingerprint density at radius 3 is 2.25 bits per heavy atom. The summed E-state index contributed by atoms with van der Waals surface area (Å²) in [6.45, 7) is 7.86. The van der Waals surface area contributed by atoms with Crippen molar-refractivity contribution in [3.63, 3.8) is 0 Å². The van der Waals surface area contributed by atoms with E-state index in [1.807, 2.05) is 11.9 Å². The summed E-state index contributed by atoms with van der Waals surface area (Å²) >= 11 is 0. The van der Waals surface area contributed by atoms with Gasteiger partial charge < -0.3 is 24.2 Å². The number of hydrogen-bond donors (Lipinski definition) is 0. The lowest BCUT2D eigenvalue weighted by Gasteiger charge is -2.35. The Morgan fingerprint density at radius 2 is 1.72 bits per heavy atom. The van der Waals surface area contributed by atoms with E-state index in [2.05, 4.69) is 4.90 Å². The Hall–Kier alpha value is -2.33. The maximum atomic E-state index is 13.4. The van der Waals surface area contributed by atoms with Gasteiger partial charge in [-0.1, -0.05) is 0 Å². The average Bonchev–Trinajstić information content (AvgIpc) is 2.69. The van der Waals surface area contributed by atoms with E-state index in [9.17, 15) is 22.8 Å². The molecule has 0 aliphatic carbocycles. The maximum absolute atomic E-state index is 13.4. The van der Waals surface area contributed by atoms with Gasteiger partial charge >= 0.3 is 18.1 Å². The van der Waals surface area contributed by atoms with Crippen LogP contribution in [0.3, 0.4) is 0 Å². The van der Waals surface area contributed by atoms with Gasteiger partial charge in [0.25, 0.3) is 0 Å². The van der Waals surface area contributed by atoms with Gasteiger partial charge in [0.1, 0.15) is 5.60 Å². The quantitative estimate of drug-likeness (QED) is 0.461. The first-order valence-electron chi connectivity index (χ1n) is 10.5. The van der Waals surface area contributed by atoms with Crippen molar-refractivity contribution in [3.05, 3.63) is 23.8 Å². The molecule has 180 valence electrons. The SMILES string of the molecule is COCCCN(C(=O)C(F)(F)F)c1cc(N2CCN(C)CC2)ccc1C(=O)OC(C)(C)C. The first kappa shape index (κ1) is 25.9. The summed E-state index contributed by atoms with van der Waals surface area (Å²) in [4.78, 5) is 29.9. The van der Waals surface area contributed by atoms with Gasteiger partial charge in [-0.05, 0) is 52.4 Å². The van der Waals surface area contributed by atoms with E-state index in [4.69, 9.17) is 9.47 Å². The van der Waals surface area contributed by atoms with Crippen LogP contribution >= 0.6 is 0 Å². The number of likely N-dealkylation sites (N-methyl/N-ethyl adjacent to an activating group) is 1. The van der Waals surface area contributed by atoms with Gasteiger partial charge in [0.05, 0.1) is 11.3 Å². The van der Waals surface area contributed by atoms with Crippen LogP contribution < -0.4 is 9.80 Å². The fraction of sp³-hybridized carbons (Fsp3) is 0.636. The van der Waals surface area contributed by atoms with Crippen LogP contribution in [0, 0.1) is 0 Å². The predicted octanol–water partition coefficient (Wildman–Crippen LogP) is 3.33. The number of esters is 1. The third kappa shape index (κ3) is 7.09. The summed E-state index contributed by atoms with van der Waals surface area (Å²) in [5.41, 5.74) is -0.409. The topological polar surface area (TPSA) is 62.3 Å². The van der Waals surface area contributed by atoms with E-state index in [1.54, 1.807) is 26.8 Å². The van der Waals surface area contributed by atoms with Crippen LogP contribution in [0.25, 0.3) is 0 Å². The summed E-state index contributed by atoms with van der Waals surface area (Å²) in [6.07, 6.45) is -4.92. The molecule has 1 aliphatic heterocycles. The van der Waals surface area contributed by atoms with Crippen molar-refractivity contribution in [2.45, 2.75) is 39.0 Å². The fourth-order valence-electron chi connectivity index (χ4n) is 3.36. The van der Waals surface area contributed by atoms with Gasteiger partial charge in [-0.2, -0.15) is 13.2 Å². The van der Waals surface area contributed by atoms with Crippen molar-refractivity contribution in [1.82, 2.24) is 4.90 Å². The minimum absolute atomic E-state index is 0.0900. The van der Waals surface area contributed by atoms with Crippen LogP contribution in [-0.4, -0.2) is 82.0 Å². The summed E-state index contributed by atoms with van der Waals surface area (Å²) in [7, 11) is 3.42. The number of carbonyl (C=O) groups excluding carboxylic acids is 2. The molecular formula is C22H32F3N3O4. The number of anilines is 2. The highest BCUT2D eigenvalue weighted by Gasteiger charge is 2.44. The second-order valence-corrected chi connectivity index (χ2v) is 8.79. The second-order valence-electron chi connectivity index (χ2n) is 8.79. The van der Waals surface area contributed by atoms with Gasteiger partial charge in [-0.15, -0.1) is 0 Å². The van der Waals surface area contributed by atoms with E-state index in [-0.39, 0.29) is 30.8 Å². The Balaban J connectivity index is 2.53. The standard InChI is InChI=1S/C22H32F3N3O4/c1-21(2,3)32-19(29)17-8-7-16(27-12-10-26(4)11-13-27)15-18(17)28(9-6-14-31-5)20(30)22(23,24)25/h7-8,15H,6,9-14H2,1-5H3. The summed E-state index contributed by atoms with van der Waals surface area (Å²) in [6, 6.07) is 4.59. The van der Waals surface area contributed by atoms with Crippen molar-refractivity contribution >= 4 is 23.3 Å². The molecule has 0 bridgehead atoms. The fourth-order valence-corrected chi connectivity index (χ4v) is 3.36. The highest BCUT2D eigenvalue weighted by Crippen LogP contribution is 2.32. The van der Waals surface area contributed by atoms with Crippen molar-refractivity contribution in [3.8, 4) is 0 Å². The zero-order valence-electron chi connectivity index (χ0n) is 19.3. The number of ether oxygens (including phenoxy) is 2. The van der Waals surface area contributed by atoms with Crippen molar-refractivity contribution in [2.75, 3.05) is 63.3 Å². The smallest absolute Gasteiger partial charge is 0.456 e. The van der Waals surface area contributed by atoms with Crippen LogP contribution in [0.4, 0.5) is 24.5 Å². The molecular weight excluding hydrogens is 427 g/mol. The van der Waals surface area contributed by atoms with Crippen LogP contribution in [0.15, 0.2) is 18.2 Å². The number of nitrogens with zero attached hydrogens (tertiary/aromatic N) is 3. The van der Waals surface area contributed by atoms with E-state index >= 15 is 0 Å². The molecule has 0 N–H and O–H groups in total. The second kappa shape index (κ2) is 10.5. The summed E-state index contributed by atoms with van der Waals surface area (Å²) in [5, 5.41) is 0. The number of halogens is 3. The third-order valence-corrected chi connectivity index (χ3v) is 4.98. The molecule has 2 rings (SSSR count). The molecule has 32 heavy (non-hydrogen) atoms. The lowest BCUT2D eigenvalue weighted by atomic mass is 10.1. The molecule has 1 amide bonds. The molecule has 0 saturated carbocycles. The average molecular weight is 460 g/mol. The Morgan fingerprint density at radius 1 is 1.09 bits per heavy atom. The Bertz CT molecular complexity index is 801. The van der Waals surface area contributed by atoms with Crippen LogP contribution in [0.1, 0.15) is 37.6 Å². The number of benzene rings is 1. The first-order valence-corrected chi connectivity index (χ1v) is 10.5. The molecule has 1 fully saturated rings. The number of rotatable bonds is 7. The number of amides is 1. The van der Waals surface area contributed by atoms with Crippen molar-refractivity contribution in [1.29, 1.82) is 0 Å². The van der Waals surface area contributed by atoms with Gasteiger partial charge in [-0.25, -0.2) is 4.79 Å². The van der Waals surface area contributed by atoms with Crippen LogP contribution in [-0.2, 0) is 14.3 Å². The van der Waals surface area contributed by atoms with E-state index in [0.717, 1.165) is 13.1 Å². The number of carbonyl (C=O) groups is 2. The number of piperazine rings is 1. The van der Waals surface area contributed by atoms with Gasteiger partial charge in [0, 0.05) is 52.1 Å². The molecule has 10 heteroatoms. The molecule has 0 aromatic heterocycles. The molecule has 1 aliphatic rings. The monoisotopic (exact) mass is 459 g/mol. The third-order valence-electron chi connectivity index (χ3n) is 4.98. The van der Waals surface area contributed by atoms with Crippen LogP contribution in [0.2, 0.25) is 0 Å². The van der Waals surface area contributed by atoms with E-state index < -0.39 is 23.7 Å². The number of alkyl halides is 3. The van der Waals surface area contributed by atoms with Crippen molar-refractivity contribution < 1.29 is 32.2 Å². The molecule has 1 aromatic carbocycles. The zero-order valence-corrected chi connectivity index (χ0v) is 19.3. The molecule has 0 spiro atoms. The van der Waals surface area contributed by atoms with Crippen molar-refractivity contribution in [2.24, 2.45) is 0 Å². The van der Waals surface area contributed by atoms with Gasteiger partial charge in [-0.3, -0.25) is 4.79 Å². The molecule has 1 heterocycles. The maximum Gasteiger partial charge on any atom is 0.471 e. The van der Waals surface area contributed by atoms with Crippen LogP contribution in [0.5, 0.6) is 0 Å². The summed E-state index contributed by atoms with van der Waals surface area (Å²) in [5.74, 6) is -2.82. The number of methoxy groups -OCH3 is 1. The predicted molar refractivity (Wildman–Crippen MR) is 116 cm³/mol. The lowest BCUT2D eigenvalue weighted by molar-refractivity contribution is -0.170. The highest BCUT2D eigenvalue weighted by atomic mass is 19.4. The molecule has 0 atom stereocenters. The molecule has 0 radical (unpaired) electrons. The molecule has 0 unspecified atom stereocenters. The Labute approximate surface area is 187 Å². The van der Waals surface area contributed by atoms with Gasteiger partial charge in [0.2, 0.25) is 0 Å². The Kier molecular flexibility index (Phi) is 8.53. The van der Waals surface area contributed by atoms with E-state index in [1.165, 1.54) is 19.2 Å². The minimum atomic E-state index is -5.10. The highest BCUT2D eigenvalue weighted by molar-refractivity contribution is 6.05. The zero-order chi connectivity index (χ0) is 24.1. The number of hydrogen-bond acceptors (Lipinski definition) is 6. The minimum Gasteiger partial charge on any atom is -0.456 e. The van der Waals surface area contributed by atoms with Gasteiger partial charge in [0.15, 0.2) is 0 Å². The summed E-state index contributed by atoms with van der Waals surface area (Å²) < 4.78 is 50.7. The normalized spacial score (nSPS) is 15.6. The molecule has 1 saturated heterocycles. The molecule has 7 nitrogen and oxygen atoms in total. The molecule has 1 aromatic rings. The first-order chi connectivity index (χ1) is 14.8. The van der Waals surface area contributed by atoms with E-state index in [0.29, 0.717) is 23.7 Å². The largest absolute Gasteiger partial charge is 0.471 e.